The van der Waals surface area contributed by atoms with Crippen molar-refractivity contribution in [3.05, 3.63) is 60.2 Å². The normalized spacial score (nSPS) is 16.5. The number of benzene rings is 2. The Morgan fingerprint density at radius 3 is 2.48 bits per heavy atom. The van der Waals surface area contributed by atoms with Gasteiger partial charge < -0.3 is 10.2 Å². The van der Waals surface area contributed by atoms with E-state index in [2.05, 4.69) is 17.0 Å². The summed E-state index contributed by atoms with van der Waals surface area (Å²) in [4.78, 5) is 26.4. The fourth-order valence-corrected chi connectivity index (χ4v) is 4.56. The molecule has 2 N–H and O–H groups in total. The van der Waals surface area contributed by atoms with Crippen molar-refractivity contribution >= 4 is 27.5 Å². The highest BCUT2D eigenvalue weighted by Crippen LogP contribution is 2.21. The highest BCUT2D eigenvalue weighted by Gasteiger charge is 2.33. The first-order valence-electron chi connectivity index (χ1n) is 10.6. The average Bonchev–Trinajstić information content (AvgIpc) is 3.14. The summed E-state index contributed by atoms with van der Waals surface area (Å²) in [5.41, 5.74) is 1.56. The second-order valence-electron chi connectivity index (χ2n) is 7.74. The molecule has 7 nitrogen and oxygen atoms in total. The van der Waals surface area contributed by atoms with E-state index in [-0.39, 0.29) is 29.0 Å². The number of carbonyl (C=O) groups is 2. The standard InChI is InChI=1S/C23H29N3O4S/c1-2-3-15-26-17-19(16-22(26)27)23(28)25-20-9-11-21(12-10-20)31(29,30)24-14-13-18-7-5-4-6-8-18/h4-12,19,24H,2-3,13-17H2,1H3,(H,25,28). The van der Waals surface area contributed by atoms with Gasteiger partial charge in [-0.05, 0) is 42.7 Å². The number of likely N-dealkylation sites (tertiary alicyclic amines) is 1. The summed E-state index contributed by atoms with van der Waals surface area (Å²) in [5.74, 6) is -0.590. The molecule has 1 aliphatic heterocycles. The topological polar surface area (TPSA) is 95.6 Å². The molecule has 0 aromatic heterocycles. The second-order valence-corrected chi connectivity index (χ2v) is 9.51. The fourth-order valence-electron chi connectivity index (χ4n) is 3.53. The Morgan fingerprint density at radius 1 is 1.10 bits per heavy atom. The number of hydrogen-bond acceptors (Lipinski definition) is 4. The van der Waals surface area contributed by atoms with Gasteiger partial charge in [0.2, 0.25) is 21.8 Å². The molecule has 1 unspecified atom stereocenters. The second kappa shape index (κ2) is 10.5. The Kier molecular flexibility index (Phi) is 7.81. The summed E-state index contributed by atoms with van der Waals surface area (Å²) in [5, 5.41) is 2.79. The third kappa shape index (κ3) is 6.38. The molecular weight excluding hydrogens is 414 g/mol. The van der Waals surface area contributed by atoms with Crippen molar-refractivity contribution in [2.75, 3.05) is 25.0 Å². The molecule has 0 saturated carbocycles. The van der Waals surface area contributed by atoms with Crippen molar-refractivity contribution in [1.82, 2.24) is 9.62 Å². The van der Waals surface area contributed by atoms with E-state index in [9.17, 15) is 18.0 Å². The molecule has 1 fully saturated rings. The van der Waals surface area contributed by atoms with Crippen molar-refractivity contribution in [3.63, 3.8) is 0 Å². The van der Waals surface area contributed by atoms with Crippen molar-refractivity contribution in [3.8, 4) is 0 Å². The summed E-state index contributed by atoms with van der Waals surface area (Å²) >= 11 is 0. The lowest BCUT2D eigenvalue weighted by Gasteiger charge is -2.16. The number of sulfonamides is 1. The molecule has 2 amide bonds. The third-order valence-corrected chi connectivity index (χ3v) is 6.82. The van der Waals surface area contributed by atoms with E-state index in [1.54, 1.807) is 17.0 Å². The van der Waals surface area contributed by atoms with Gasteiger partial charge in [0.05, 0.1) is 10.8 Å². The lowest BCUT2D eigenvalue weighted by Crippen LogP contribution is -2.29. The highest BCUT2D eigenvalue weighted by atomic mass is 32.2. The zero-order chi connectivity index (χ0) is 22.3. The molecule has 166 valence electrons. The van der Waals surface area contributed by atoms with Crippen molar-refractivity contribution < 1.29 is 18.0 Å². The molecule has 2 aromatic rings. The van der Waals surface area contributed by atoms with Gasteiger partial charge in [-0.15, -0.1) is 0 Å². The molecule has 31 heavy (non-hydrogen) atoms. The van der Waals surface area contributed by atoms with Crippen LogP contribution >= 0.6 is 0 Å². The van der Waals surface area contributed by atoms with E-state index in [1.165, 1.54) is 12.1 Å². The maximum absolute atomic E-state index is 12.5. The molecule has 0 bridgehead atoms. The number of nitrogens with one attached hydrogen (secondary N) is 2. The van der Waals surface area contributed by atoms with Crippen LogP contribution in [0.25, 0.3) is 0 Å². The fraction of sp³-hybridized carbons (Fsp3) is 0.391. The van der Waals surface area contributed by atoms with Crippen LogP contribution in [-0.2, 0) is 26.0 Å². The van der Waals surface area contributed by atoms with Crippen molar-refractivity contribution in [2.45, 2.75) is 37.5 Å². The maximum Gasteiger partial charge on any atom is 0.240 e. The van der Waals surface area contributed by atoms with Gasteiger partial charge in [-0.1, -0.05) is 43.7 Å². The number of unbranched alkanes of at least 4 members (excludes halogenated alkanes) is 1. The lowest BCUT2D eigenvalue weighted by atomic mass is 10.1. The van der Waals surface area contributed by atoms with Gasteiger partial charge >= 0.3 is 0 Å². The maximum atomic E-state index is 12.5. The zero-order valence-corrected chi connectivity index (χ0v) is 18.5. The summed E-state index contributed by atoms with van der Waals surface area (Å²) < 4.78 is 27.6. The van der Waals surface area contributed by atoms with E-state index in [0.717, 1.165) is 18.4 Å². The van der Waals surface area contributed by atoms with Gasteiger partial charge in [0, 0.05) is 31.7 Å². The minimum atomic E-state index is -3.63. The minimum absolute atomic E-state index is 0.0108. The average molecular weight is 444 g/mol. The smallest absolute Gasteiger partial charge is 0.240 e. The van der Waals surface area contributed by atoms with Crippen LogP contribution in [0.1, 0.15) is 31.7 Å². The summed E-state index contributed by atoms with van der Waals surface area (Å²) in [6, 6.07) is 15.7. The summed E-state index contributed by atoms with van der Waals surface area (Å²) in [6.45, 7) is 3.48. The first-order valence-corrected chi connectivity index (χ1v) is 12.1. The zero-order valence-electron chi connectivity index (χ0n) is 17.7. The van der Waals surface area contributed by atoms with E-state index < -0.39 is 10.0 Å². The molecule has 2 aromatic carbocycles. The predicted octanol–water partition coefficient (Wildman–Crippen LogP) is 2.79. The predicted molar refractivity (Wildman–Crippen MR) is 120 cm³/mol. The van der Waals surface area contributed by atoms with Crippen LogP contribution in [0.5, 0.6) is 0 Å². The molecule has 8 heteroatoms. The lowest BCUT2D eigenvalue weighted by molar-refractivity contribution is -0.128. The van der Waals surface area contributed by atoms with Crippen LogP contribution in [0.15, 0.2) is 59.5 Å². The van der Waals surface area contributed by atoms with Gasteiger partial charge in [-0.25, -0.2) is 13.1 Å². The number of amides is 2. The van der Waals surface area contributed by atoms with Crippen LogP contribution in [0, 0.1) is 5.92 Å². The molecule has 0 aliphatic carbocycles. The van der Waals surface area contributed by atoms with Crippen LogP contribution in [0.4, 0.5) is 5.69 Å². The van der Waals surface area contributed by atoms with Gasteiger partial charge in [-0.3, -0.25) is 9.59 Å². The van der Waals surface area contributed by atoms with Crippen molar-refractivity contribution in [1.29, 1.82) is 0 Å². The molecule has 1 saturated heterocycles. The Balaban J connectivity index is 1.52. The van der Waals surface area contributed by atoms with Gasteiger partial charge in [0.15, 0.2) is 0 Å². The van der Waals surface area contributed by atoms with Gasteiger partial charge in [-0.2, -0.15) is 0 Å². The molecule has 0 radical (unpaired) electrons. The minimum Gasteiger partial charge on any atom is -0.342 e. The van der Waals surface area contributed by atoms with Crippen LogP contribution in [-0.4, -0.2) is 44.8 Å². The van der Waals surface area contributed by atoms with E-state index in [0.29, 0.717) is 31.7 Å². The number of rotatable bonds is 10. The monoisotopic (exact) mass is 443 g/mol. The quantitative estimate of drug-likeness (QED) is 0.590. The molecule has 3 rings (SSSR count). The van der Waals surface area contributed by atoms with Crippen molar-refractivity contribution in [2.24, 2.45) is 5.92 Å². The first-order chi connectivity index (χ1) is 14.9. The van der Waals surface area contributed by atoms with E-state index in [1.807, 2.05) is 30.3 Å². The number of nitrogens with zero attached hydrogens (tertiary/aromatic N) is 1. The largest absolute Gasteiger partial charge is 0.342 e. The number of carbonyl (C=O) groups excluding carboxylic acids is 2. The van der Waals surface area contributed by atoms with Crippen LogP contribution in [0.3, 0.4) is 0 Å². The molecular formula is C23H29N3O4S. The summed E-state index contributed by atoms with van der Waals surface area (Å²) in [6.07, 6.45) is 2.74. The number of anilines is 1. The highest BCUT2D eigenvalue weighted by molar-refractivity contribution is 7.89. The van der Waals surface area contributed by atoms with Gasteiger partial charge in [0.1, 0.15) is 0 Å². The Labute approximate surface area is 183 Å². The van der Waals surface area contributed by atoms with Crippen LogP contribution in [0.2, 0.25) is 0 Å². The summed E-state index contributed by atoms with van der Waals surface area (Å²) in [7, 11) is -3.63. The molecule has 0 spiro atoms. The Morgan fingerprint density at radius 2 is 1.81 bits per heavy atom. The SMILES string of the molecule is CCCCN1CC(C(=O)Nc2ccc(S(=O)(=O)NCCc3ccccc3)cc2)CC1=O. The van der Waals surface area contributed by atoms with Crippen LogP contribution < -0.4 is 10.0 Å². The third-order valence-electron chi connectivity index (χ3n) is 5.35. The molecule has 1 heterocycles. The Hall–Kier alpha value is -2.71. The molecule has 1 atom stereocenters. The van der Waals surface area contributed by atoms with E-state index >= 15 is 0 Å². The first kappa shape index (κ1) is 23.0. The Bertz CT molecular complexity index is 991. The van der Waals surface area contributed by atoms with Gasteiger partial charge in [0.25, 0.3) is 0 Å². The molecule has 1 aliphatic rings. The number of hydrogen-bond donors (Lipinski definition) is 2. The van der Waals surface area contributed by atoms with E-state index in [4.69, 9.17) is 0 Å².